The van der Waals surface area contributed by atoms with Gasteiger partial charge in [0.05, 0.1) is 10.7 Å². The third-order valence-corrected chi connectivity index (χ3v) is 3.26. The highest BCUT2D eigenvalue weighted by molar-refractivity contribution is 6.35. The molecule has 1 aromatic rings. The molecule has 110 valence electrons. The van der Waals surface area contributed by atoms with E-state index in [0.29, 0.717) is 15.7 Å². The van der Waals surface area contributed by atoms with Crippen molar-refractivity contribution in [2.75, 3.05) is 11.9 Å². The molecule has 0 spiro atoms. The number of benzene rings is 1. The Bertz CT molecular complexity index is 524. The largest absolute Gasteiger partial charge is 0.329 e. The van der Waals surface area contributed by atoms with Crippen LogP contribution in [0.5, 0.6) is 0 Å². The molecular formula is C14H18Cl2N2O2. The monoisotopic (exact) mass is 316 g/mol. The Labute approximate surface area is 129 Å². The van der Waals surface area contributed by atoms with E-state index < -0.39 is 5.54 Å². The number of hydrogen-bond acceptors (Lipinski definition) is 2. The zero-order valence-corrected chi connectivity index (χ0v) is 13.5. The summed E-state index contributed by atoms with van der Waals surface area (Å²) in [5.41, 5.74) is 0.00275. The summed E-state index contributed by atoms with van der Waals surface area (Å²) in [4.78, 5) is 25.1. The van der Waals surface area contributed by atoms with Gasteiger partial charge < -0.3 is 10.2 Å². The maximum absolute atomic E-state index is 12.0. The van der Waals surface area contributed by atoms with Crippen LogP contribution in [0.4, 0.5) is 5.69 Å². The van der Waals surface area contributed by atoms with E-state index in [2.05, 4.69) is 5.32 Å². The molecule has 2 amide bonds. The number of carbonyl (C=O) groups is 2. The Hall–Kier alpha value is -1.26. The van der Waals surface area contributed by atoms with Crippen LogP contribution in [0.3, 0.4) is 0 Å². The van der Waals surface area contributed by atoms with Crippen LogP contribution < -0.4 is 5.32 Å². The van der Waals surface area contributed by atoms with E-state index in [4.69, 9.17) is 23.2 Å². The summed E-state index contributed by atoms with van der Waals surface area (Å²) in [6.07, 6.45) is 0. The van der Waals surface area contributed by atoms with Crippen molar-refractivity contribution in [1.82, 2.24) is 4.90 Å². The molecule has 0 atom stereocenters. The number of rotatable bonds is 3. The Morgan fingerprint density at radius 3 is 2.35 bits per heavy atom. The molecule has 0 aliphatic heterocycles. The predicted octanol–water partition coefficient (Wildman–Crippen LogP) is 3.58. The van der Waals surface area contributed by atoms with E-state index >= 15 is 0 Å². The SMILES string of the molecule is CC(=O)N(CC(=O)Nc1cc(Cl)ccc1Cl)C(C)(C)C. The smallest absolute Gasteiger partial charge is 0.244 e. The van der Waals surface area contributed by atoms with Gasteiger partial charge in [0, 0.05) is 17.5 Å². The summed E-state index contributed by atoms with van der Waals surface area (Å²) in [6, 6.07) is 4.81. The molecular weight excluding hydrogens is 299 g/mol. The first kappa shape index (κ1) is 16.8. The van der Waals surface area contributed by atoms with Gasteiger partial charge >= 0.3 is 0 Å². The average Bonchev–Trinajstić information content (AvgIpc) is 2.29. The standard InChI is InChI=1S/C14H18Cl2N2O2/c1-9(19)18(14(2,3)4)8-13(20)17-12-7-10(15)5-6-11(12)16/h5-7H,8H2,1-4H3,(H,17,20). The number of amides is 2. The van der Waals surface area contributed by atoms with Gasteiger partial charge in [0.15, 0.2) is 0 Å². The summed E-state index contributed by atoms with van der Waals surface area (Å²) in [6.45, 7) is 7.00. The van der Waals surface area contributed by atoms with Gasteiger partial charge in [-0.25, -0.2) is 0 Å². The van der Waals surface area contributed by atoms with Crippen molar-refractivity contribution >= 4 is 40.7 Å². The number of anilines is 1. The van der Waals surface area contributed by atoms with E-state index in [9.17, 15) is 9.59 Å². The Balaban J connectivity index is 2.81. The zero-order valence-electron chi connectivity index (χ0n) is 12.0. The molecule has 0 radical (unpaired) electrons. The molecule has 0 fully saturated rings. The lowest BCUT2D eigenvalue weighted by atomic mass is 10.1. The maximum Gasteiger partial charge on any atom is 0.244 e. The van der Waals surface area contributed by atoms with E-state index in [1.165, 1.54) is 11.8 Å². The molecule has 0 bridgehead atoms. The van der Waals surface area contributed by atoms with Crippen molar-refractivity contribution in [2.45, 2.75) is 33.2 Å². The molecule has 6 heteroatoms. The van der Waals surface area contributed by atoms with Gasteiger partial charge in [0.2, 0.25) is 11.8 Å². The van der Waals surface area contributed by atoms with Crippen LogP contribution in [0.25, 0.3) is 0 Å². The molecule has 4 nitrogen and oxygen atoms in total. The van der Waals surface area contributed by atoms with Crippen molar-refractivity contribution in [3.8, 4) is 0 Å². The van der Waals surface area contributed by atoms with Crippen LogP contribution >= 0.6 is 23.2 Å². The van der Waals surface area contributed by atoms with E-state index in [-0.39, 0.29) is 18.4 Å². The number of nitrogens with zero attached hydrogens (tertiary/aromatic N) is 1. The minimum absolute atomic E-state index is 0.0400. The molecule has 1 aromatic carbocycles. The molecule has 1 N–H and O–H groups in total. The molecule has 1 rings (SSSR count). The van der Waals surface area contributed by atoms with Gasteiger partial charge in [-0.2, -0.15) is 0 Å². The number of carbonyl (C=O) groups excluding carboxylic acids is 2. The van der Waals surface area contributed by atoms with Gasteiger partial charge in [-0.15, -0.1) is 0 Å². The first-order valence-corrected chi connectivity index (χ1v) is 6.90. The van der Waals surface area contributed by atoms with Crippen LogP contribution in [-0.2, 0) is 9.59 Å². The minimum atomic E-state index is -0.429. The van der Waals surface area contributed by atoms with E-state index in [1.54, 1.807) is 18.2 Å². The molecule has 0 heterocycles. The summed E-state index contributed by atoms with van der Waals surface area (Å²) < 4.78 is 0. The van der Waals surface area contributed by atoms with Crippen LogP contribution in [0.15, 0.2) is 18.2 Å². The number of nitrogens with one attached hydrogen (secondary N) is 1. The number of hydrogen-bond donors (Lipinski definition) is 1. The highest BCUT2D eigenvalue weighted by atomic mass is 35.5. The second-order valence-electron chi connectivity index (χ2n) is 5.45. The molecule has 0 aromatic heterocycles. The maximum atomic E-state index is 12.0. The summed E-state index contributed by atoms with van der Waals surface area (Å²) in [5.74, 6) is -0.482. The van der Waals surface area contributed by atoms with E-state index in [0.717, 1.165) is 0 Å². The quantitative estimate of drug-likeness (QED) is 0.926. The van der Waals surface area contributed by atoms with Gasteiger partial charge in [0.1, 0.15) is 6.54 Å². The third kappa shape index (κ3) is 4.69. The van der Waals surface area contributed by atoms with Crippen LogP contribution in [-0.4, -0.2) is 28.8 Å². The normalized spacial score (nSPS) is 11.1. The summed E-state index contributed by atoms with van der Waals surface area (Å²) in [5, 5.41) is 3.53. The van der Waals surface area contributed by atoms with Crippen molar-refractivity contribution in [3.05, 3.63) is 28.2 Å². The highest BCUT2D eigenvalue weighted by Crippen LogP contribution is 2.25. The fraction of sp³-hybridized carbons (Fsp3) is 0.429. The summed E-state index contributed by atoms with van der Waals surface area (Å²) >= 11 is 11.8. The van der Waals surface area contributed by atoms with Crippen molar-refractivity contribution in [1.29, 1.82) is 0 Å². The fourth-order valence-corrected chi connectivity index (χ4v) is 2.08. The number of halogens is 2. The molecule has 0 saturated carbocycles. The van der Waals surface area contributed by atoms with Crippen LogP contribution in [0.2, 0.25) is 10.0 Å². The van der Waals surface area contributed by atoms with E-state index in [1.807, 2.05) is 20.8 Å². The van der Waals surface area contributed by atoms with Crippen molar-refractivity contribution < 1.29 is 9.59 Å². The fourth-order valence-electron chi connectivity index (χ4n) is 1.75. The van der Waals surface area contributed by atoms with Gasteiger partial charge in [-0.05, 0) is 39.0 Å². The van der Waals surface area contributed by atoms with Crippen molar-refractivity contribution in [2.24, 2.45) is 0 Å². The van der Waals surface area contributed by atoms with Gasteiger partial charge in [0.25, 0.3) is 0 Å². The molecule has 20 heavy (non-hydrogen) atoms. The topological polar surface area (TPSA) is 49.4 Å². The molecule has 0 unspecified atom stereocenters. The lowest BCUT2D eigenvalue weighted by Gasteiger charge is -2.34. The zero-order chi connectivity index (χ0) is 15.5. The van der Waals surface area contributed by atoms with Crippen LogP contribution in [0, 0.1) is 0 Å². The van der Waals surface area contributed by atoms with Gasteiger partial charge in [-0.3, -0.25) is 9.59 Å². The molecule has 0 aliphatic carbocycles. The lowest BCUT2D eigenvalue weighted by Crippen LogP contribution is -2.48. The second-order valence-corrected chi connectivity index (χ2v) is 6.29. The molecule has 0 saturated heterocycles. The average molecular weight is 317 g/mol. The first-order chi connectivity index (χ1) is 9.11. The predicted molar refractivity (Wildman–Crippen MR) is 82.2 cm³/mol. The van der Waals surface area contributed by atoms with Crippen molar-refractivity contribution in [3.63, 3.8) is 0 Å². The second kappa shape index (κ2) is 6.46. The minimum Gasteiger partial charge on any atom is -0.329 e. The van der Waals surface area contributed by atoms with Gasteiger partial charge in [-0.1, -0.05) is 23.2 Å². The molecule has 0 aliphatic rings. The summed E-state index contributed by atoms with van der Waals surface area (Å²) in [7, 11) is 0. The van der Waals surface area contributed by atoms with Crippen LogP contribution in [0.1, 0.15) is 27.7 Å². The highest BCUT2D eigenvalue weighted by Gasteiger charge is 2.26. The first-order valence-electron chi connectivity index (χ1n) is 6.14. The Morgan fingerprint density at radius 1 is 1.25 bits per heavy atom. The Morgan fingerprint density at radius 2 is 1.85 bits per heavy atom. The Kier molecular flexibility index (Phi) is 5.42. The third-order valence-electron chi connectivity index (χ3n) is 2.69. The lowest BCUT2D eigenvalue weighted by molar-refractivity contribution is -0.137.